The number of carbonyl (C=O) groups is 2. The van der Waals surface area contributed by atoms with Crippen molar-refractivity contribution in [2.24, 2.45) is 0 Å². The number of amides is 1. The zero-order valence-corrected chi connectivity index (χ0v) is 14.4. The summed E-state index contributed by atoms with van der Waals surface area (Å²) < 4.78 is 6.23. The Morgan fingerprint density at radius 1 is 1.36 bits per heavy atom. The van der Waals surface area contributed by atoms with Crippen molar-refractivity contribution in [2.45, 2.75) is 45.3 Å². The van der Waals surface area contributed by atoms with E-state index in [-0.39, 0.29) is 18.4 Å². The van der Waals surface area contributed by atoms with Gasteiger partial charge < -0.3 is 15.2 Å². The van der Waals surface area contributed by atoms with Crippen molar-refractivity contribution in [3.8, 4) is 0 Å². The van der Waals surface area contributed by atoms with Gasteiger partial charge in [0.2, 0.25) is 5.91 Å². The van der Waals surface area contributed by atoms with Gasteiger partial charge in [0.15, 0.2) is 0 Å². The van der Waals surface area contributed by atoms with Crippen LogP contribution in [0.2, 0.25) is 0 Å². The van der Waals surface area contributed by atoms with Crippen molar-refractivity contribution in [3.63, 3.8) is 0 Å². The van der Waals surface area contributed by atoms with E-state index >= 15 is 0 Å². The van der Waals surface area contributed by atoms with Gasteiger partial charge in [-0.15, -0.1) is 0 Å². The molecule has 0 heterocycles. The fourth-order valence-electron chi connectivity index (χ4n) is 1.97. The topological polar surface area (TPSA) is 75.6 Å². The molecule has 1 atom stereocenters. The minimum atomic E-state index is -0.951. The number of benzene rings is 1. The molecule has 0 aliphatic rings. The average Bonchev–Trinajstić information content (AvgIpc) is 2.42. The quantitative estimate of drug-likeness (QED) is 0.653. The average molecular weight is 372 g/mol. The van der Waals surface area contributed by atoms with Crippen LogP contribution in [-0.4, -0.2) is 29.7 Å². The predicted molar refractivity (Wildman–Crippen MR) is 87.6 cm³/mol. The normalized spacial score (nSPS) is 12.2. The van der Waals surface area contributed by atoms with Crippen molar-refractivity contribution in [1.82, 2.24) is 5.32 Å². The van der Waals surface area contributed by atoms with Crippen LogP contribution in [0, 0.1) is 0 Å². The zero-order chi connectivity index (χ0) is 16.5. The Hall–Kier alpha value is -1.40. The maximum atomic E-state index is 12.0. The summed E-state index contributed by atoms with van der Waals surface area (Å²) in [5.41, 5.74) is 0.767. The molecule has 0 saturated carbocycles. The van der Waals surface area contributed by atoms with E-state index in [0.717, 1.165) is 10.0 Å². The van der Waals surface area contributed by atoms with Crippen LogP contribution in [0.25, 0.3) is 0 Å². The van der Waals surface area contributed by atoms with E-state index in [4.69, 9.17) is 9.84 Å². The Labute approximate surface area is 139 Å². The number of rotatable bonds is 9. The van der Waals surface area contributed by atoms with E-state index in [2.05, 4.69) is 21.2 Å². The maximum Gasteiger partial charge on any atom is 0.305 e. The minimum absolute atomic E-state index is 0.143. The lowest BCUT2D eigenvalue weighted by Gasteiger charge is -2.18. The third kappa shape index (κ3) is 7.56. The van der Waals surface area contributed by atoms with Crippen molar-refractivity contribution in [1.29, 1.82) is 0 Å². The van der Waals surface area contributed by atoms with E-state index < -0.39 is 12.0 Å². The Balaban J connectivity index is 2.58. The van der Waals surface area contributed by atoms with Gasteiger partial charge in [-0.3, -0.25) is 9.59 Å². The van der Waals surface area contributed by atoms with Crippen LogP contribution in [0.1, 0.15) is 44.7 Å². The van der Waals surface area contributed by atoms with Gasteiger partial charge in [-0.25, -0.2) is 0 Å². The lowest BCUT2D eigenvalue weighted by molar-refractivity contribution is -0.137. The first-order valence-corrected chi connectivity index (χ1v) is 8.06. The van der Waals surface area contributed by atoms with Crippen LogP contribution in [-0.2, 0) is 14.3 Å². The van der Waals surface area contributed by atoms with Gasteiger partial charge in [0, 0.05) is 17.5 Å². The van der Waals surface area contributed by atoms with Gasteiger partial charge in [-0.2, -0.15) is 0 Å². The second kappa shape index (κ2) is 9.58. The molecule has 6 heteroatoms. The summed E-state index contributed by atoms with van der Waals surface area (Å²) in [4.78, 5) is 23.0. The number of nitrogens with one attached hydrogen (secondary N) is 1. The highest BCUT2D eigenvalue weighted by Gasteiger charge is 2.18. The highest BCUT2D eigenvalue weighted by Crippen LogP contribution is 2.21. The first kappa shape index (κ1) is 18.6. The standard InChI is InChI=1S/C16H22BrNO4/c1-11(2)22-8-4-7-15(19)18-14(10-16(20)21)12-5-3-6-13(17)9-12/h3,5-6,9,11,14H,4,7-8,10H2,1-2H3,(H,18,19)(H,20,21). The fraction of sp³-hybridized carbons (Fsp3) is 0.500. The summed E-state index contributed by atoms with van der Waals surface area (Å²) >= 11 is 3.35. The number of carboxylic acids is 1. The summed E-state index contributed by atoms with van der Waals surface area (Å²) in [5, 5.41) is 11.8. The number of halogens is 1. The number of carbonyl (C=O) groups excluding carboxylic acids is 1. The van der Waals surface area contributed by atoms with Crippen LogP contribution in [0.3, 0.4) is 0 Å². The first-order chi connectivity index (χ1) is 10.4. The summed E-state index contributed by atoms with van der Waals surface area (Å²) in [6, 6.07) is 6.76. The van der Waals surface area contributed by atoms with Gasteiger partial charge in [0.05, 0.1) is 18.6 Å². The largest absolute Gasteiger partial charge is 0.481 e. The molecule has 0 bridgehead atoms. The van der Waals surface area contributed by atoms with Crippen molar-refractivity contribution in [2.75, 3.05) is 6.61 Å². The van der Waals surface area contributed by atoms with Crippen molar-refractivity contribution >= 4 is 27.8 Å². The third-order valence-electron chi connectivity index (χ3n) is 2.96. The van der Waals surface area contributed by atoms with E-state index in [1.165, 1.54) is 0 Å². The monoisotopic (exact) mass is 371 g/mol. The maximum absolute atomic E-state index is 12.0. The molecule has 0 saturated heterocycles. The Bertz CT molecular complexity index is 505. The number of carboxylic acid groups (broad SMARTS) is 1. The van der Waals surface area contributed by atoms with Gasteiger partial charge >= 0.3 is 5.97 Å². The lowest BCUT2D eigenvalue weighted by Crippen LogP contribution is -2.30. The Morgan fingerprint density at radius 3 is 2.68 bits per heavy atom. The van der Waals surface area contributed by atoms with Gasteiger partial charge in [0.1, 0.15) is 0 Å². The molecule has 0 aliphatic carbocycles. The summed E-state index contributed by atoms with van der Waals surface area (Å²) in [6.45, 7) is 4.40. The molecule has 22 heavy (non-hydrogen) atoms. The molecule has 0 fully saturated rings. The Morgan fingerprint density at radius 2 is 2.09 bits per heavy atom. The zero-order valence-electron chi connectivity index (χ0n) is 12.8. The first-order valence-electron chi connectivity index (χ1n) is 7.26. The molecular weight excluding hydrogens is 350 g/mol. The molecule has 0 aromatic heterocycles. The number of ether oxygens (including phenoxy) is 1. The number of hydrogen-bond acceptors (Lipinski definition) is 3. The van der Waals surface area contributed by atoms with Gasteiger partial charge in [-0.05, 0) is 38.0 Å². The van der Waals surface area contributed by atoms with E-state index in [1.807, 2.05) is 32.0 Å². The fourth-order valence-corrected chi connectivity index (χ4v) is 2.39. The smallest absolute Gasteiger partial charge is 0.305 e. The van der Waals surface area contributed by atoms with E-state index in [1.54, 1.807) is 6.07 Å². The molecule has 1 rings (SSSR count). The summed E-state index contributed by atoms with van der Waals surface area (Å²) in [7, 11) is 0. The second-order valence-electron chi connectivity index (χ2n) is 5.30. The molecule has 0 radical (unpaired) electrons. The van der Waals surface area contributed by atoms with Crippen LogP contribution >= 0.6 is 15.9 Å². The van der Waals surface area contributed by atoms with E-state index in [9.17, 15) is 9.59 Å². The molecule has 1 aromatic rings. The van der Waals surface area contributed by atoms with Crippen molar-refractivity contribution < 1.29 is 19.4 Å². The number of aliphatic carboxylic acids is 1. The van der Waals surface area contributed by atoms with Gasteiger partial charge in [-0.1, -0.05) is 28.1 Å². The van der Waals surface area contributed by atoms with Crippen molar-refractivity contribution in [3.05, 3.63) is 34.3 Å². The van der Waals surface area contributed by atoms with Crippen LogP contribution in [0.15, 0.2) is 28.7 Å². The SMILES string of the molecule is CC(C)OCCCC(=O)NC(CC(=O)O)c1cccc(Br)c1. The molecule has 1 aromatic carbocycles. The lowest BCUT2D eigenvalue weighted by atomic mass is 10.0. The van der Waals surface area contributed by atoms with Crippen LogP contribution < -0.4 is 5.32 Å². The second-order valence-corrected chi connectivity index (χ2v) is 6.21. The third-order valence-corrected chi connectivity index (χ3v) is 3.46. The summed E-state index contributed by atoms with van der Waals surface area (Å²) in [6.07, 6.45) is 0.925. The molecule has 2 N–H and O–H groups in total. The molecule has 1 unspecified atom stereocenters. The summed E-state index contributed by atoms with van der Waals surface area (Å²) in [5.74, 6) is -1.12. The van der Waals surface area contributed by atoms with Crippen LogP contribution in [0.5, 0.6) is 0 Å². The molecule has 1 amide bonds. The molecule has 5 nitrogen and oxygen atoms in total. The predicted octanol–water partition coefficient (Wildman–Crippen LogP) is 3.29. The van der Waals surface area contributed by atoms with Gasteiger partial charge in [0.25, 0.3) is 0 Å². The Kier molecular flexibility index (Phi) is 8.12. The minimum Gasteiger partial charge on any atom is -0.481 e. The molecule has 0 spiro atoms. The molecular formula is C16H22BrNO4. The number of hydrogen-bond donors (Lipinski definition) is 2. The highest BCUT2D eigenvalue weighted by molar-refractivity contribution is 9.10. The van der Waals surface area contributed by atoms with Crippen LogP contribution in [0.4, 0.5) is 0 Å². The highest BCUT2D eigenvalue weighted by atomic mass is 79.9. The molecule has 122 valence electrons. The molecule has 0 aliphatic heterocycles. The van der Waals surface area contributed by atoms with E-state index in [0.29, 0.717) is 19.4 Å².